The third-order valence-electron chi connectivity index (χ3n) is 1.46. The van der Waals surface area contributed by atoms with Gasteiger partial charge < -0.3 is 10.1 Å². The van der Waals surface area contributed by atoms with Gasteiger partial charge in [-0.1, -0.05) is 6.08 Å². The zero-order valence-corrected chi connectivity index (χ0v) is 5.60. The second-order valence-corrected chi connectivity index (χ2v) is 2.35. The molecule has 9 heavy (non-hydrogen) atoms. The van der Waals surface area contributed by atoms with E-state index in [1.165, 1.54) is 0 Å². The zero-order chi connectivity index (χ0) is 6.53. The molecule has 0 radical (unpaired) electrons. The molecule has 2 heteroatoms. The number of hydrogen-bond acceptors (Lipinski definition) is 2. The van der Waals surface area contributed by atoms with E-state index in [1.807, 2.05) is 0 Å². The summed E-state index contributed by atoms with van der Waals surface area (Å²) in [7, 11) is 0. The topological polar surface area (TPSA) is 21.3 Å². The summed E-state index contributed by atoms with van der Waals surface area (Å²) in [5.74, 6) is 0.755. The van der Waals surface area contributed by atoms with Crippen molar-refractivity contribution in [1.82, 2.24) is 5.32 Å². The van der Waals surface area contributed by atoms with Crippen molar-refractivity contribution in [3.63, 3.8) is 0 Å². The predicted molar refractivity (Wildman–Crippen MR) is 37.4 cm³/mol. The first-order chi connectivity index (χ1) is 4.43. The van der Waals surface area contributed by atoms with E-state index in [9.17, 15) is 0 Å². The smallest absolute Gasteiger partial charge is 0.0644 e. The third-order valence-corrected chi connectivity index (χ3v) is 1.46. The first-order valence-electron chi connectivity index (χ1n) is 3.33. The Kier molecular flexibility index (Phi) is 2.74. The minimum atomic E-state index is 0.691. The van der Waals surface area contributed by atoms with Crippen molar-refractivity contribution in [2.24, 2.45) is 5.92 Å². The van der Waals surface area contributed by atoms with E-state index in [0.29, 0.717) is 6.61 Å². The second-order valence-electron chi connectivity index (χ2n) is 2.35. The summed E-state index contributed by atoms with van der Waals surface area (Å²) in [6.07, 6.45) is 1.78. The molecule has 0 atom stereocenters. The number of rotatable bonds is 4. The summed E-state index contributed by atoms with van der Waals surface area (Å²) in [5.41, 5.74) is 0. The van der Waals surface area contributed by atoms with Crippen molar-refractivity contribution < 1.29 is 4.74 Å². The number of hydrogen-bond donors (Lipinski definition) is 1. The van der Waals surface area contributed by atoms with Gasteiger partial charge in [-0.05, 0) is 0 Å². The highest BCUT2D eigenvalue weighted by atomic mass is 16.5. The molecule has 0 amide bonds. The fourth-order valence-corrected chi connectivity index (χ4v) is 0.784. The van der Waals surface area contributed by atoms with Gasteiger partial charge in [-0.2, -0.15) is 0 Å². The zero-order valence-electron chi connectivity index (χ0n) is 5.60. The fraction of sp³-hybridized carbons (Fsp3) is 0.714. The molecule has 1 heterocycles. The second kappa shape index (κ2) is 3.64. The number of ether oxygens (including phenoxy) is 1. The molecule has 0 bridgehead atoms. The Bertz CT molecular complexity index is 88.9. The first kappa shape index (κ1) is 6.78. The van der Waals surface area contributed by atoms with Crippen LogP contribution in [-0.4, -0.2) is 26.3 Å². The Labute approximate surface area is 55.9 Å². The average Bonchev–Trinajstić information content (AvgIpc) is 1.76. The summed E-state index contributed by atoms with van der Waals surface area (Å²) in [6, 6.07) is 0. The van der Waals surface area contributed by atoms with Crippen LogP contribution in [0.25, 0.3) is 0 Å². The predicted octanol–water partition coefficient (Wildman–Crippen LogP) is 0.408. The van der Waals surface area contributed by atoms with Gasteiger partial charge >= 0.3 is 0 Å². The van der Waals surface area contributed by atoms with Gasteiger partial charge in [0.15, 0.2) is 0 Å². The largest absolute Gasteiger partial charge is 0.377 e. The monoisotopic (exact) mass is 127 g/mol. The maximum absolute atomic E-state index is 5.23. The molecular formula is C7H13NO. The van der Waals surface area contributed by atoms with Gasteiger partial charge in [0, 0.05) is 19.0 Å². The molecule has 0 aliphatic carbocycles. The highest BCUT2D eigenvalue weighted by Gasteiger charge is 2.15. The summed E-state index contributed by atoms with van der Waals surface area (Å²) >= 11 is 0. The molecule has 0 saturated carbocycles. The maximum atomic E-state index is 5.23. The molecule has 0 aromatic rings. The summed E-state index contributed by atoms with van der Waals surface area (Å²) in [6.45, 7) is 7.38. The minimum absolute atomic E-state index is 0.691. The van der Waals surface area contributed by atoms with E-state index in [2.05, 4.69) is 11.9 Å². The van der Waals surface area contributed by atoms with E-state index in [-0.39, 0.29) is 0 Å². The lowest BCUT2D eigenvalue weighted by molar-refractivity contribution is 0.0997. The lowest BCUT2D eigenvalue weighted by Crippen LogP contribution is -2.44. The molecular weight excluding hydrogens is 114 g/mol. The lowest BCUT2D eigenvalue weighted by Gasteiger charge is -2.26. The summed E-state index contributed by atoms with van der Waals surface area (Å²) in [4.78, 5) is 0. The molecule has 0 unspecified atom stereocenters. The van der Waals surface area contributed by atoms with Gasteiger partial charge in [0.25, 0.3) is 0 Å². The van der Waals surface area contributed by atoms with Crippen LogP contribution in [0.1, 0.15) is 0 Å². The Morgan fingerprint density at radius 3 is 2.89 bits per heavy atom. The minimum Gasteiger partial charge on any atom is -0.377 e. The summed E-state index contributed by atoms with van der Waals surface area (Å²) < 4.78 is 5.23. The van der Waals surface area contributed by atoms with Gasteiger partial charge in [-0.15, -0.1) is 6.58 Å². The van der Waals surface area contributed by atoms with Crippen LogP contribution in [0.4, 0.5) is 0 Å². The molecule has 0 aromatic carbocycles. The highest BCUT2D eigenvalue weighted by Crippen LogP contribution is 2.01. The van der Waals surface area contributed by atoms with Gasteiger partial charge in [-0.25, -0.2) is 0 Å². The van der Waals surface area contributed by atoms with E-state index in [4.69, 9.17) is 4.74 Å². The molecule has 1 aliphatic heterocycles. The van der Waals surface area contributed by atoms with Crippen LogP contribution in [0.5, 0.6) is 0 Å². The lowest BCUT2D eigenvalue weighted by atomic mass is 10.1. The van der Waals surface area contributed by atoms with Crippen molar-refractivity contribution in [2.45, 2.75) is 0 Å². The normalized spacial score (nSPS) is 19.1. The van der Waals surface area contributed by atoms with Crippen LogP contribution in [0.2, 0.25) is 0 Å². The van der Waals surface area contributed by atoms with E-state index in [1.54, 1.807) is 6.08 Å². The van der Waals surface area contributed by atoms with Crippen LogP contribution >= 0.6 is 0 Å². The van der Waals surface area contributed by atoms with Crippen LogP contribution in [0.3, 0.4) is 0 Å². The molecule has 1 N–H and O–H groups in total. The van der Waals surface area contributed by atoms with Crippen molar-refractivity contribution in [2.75, 3.05) is 26.3 Å². The standard InChI is InChI=1S/C7H13NO/c1-2-3-9-6-7-4-8-5-7/h2,7-8H,1,3-6H2. The van der Waals surface area contributed by atoms with E-state index >= 15 is 0 Å². The Hall–Kier alpha value is -0.340. The van der Waals surface area contributed by atoms with Crippen molar-refractivity contribution in [3.8, 4) is 0 Å². The third kappa shape index (κ3) is 2.16. The van der Waals surface area contributed by atoms with Gasteiger partial charge in [0.05, 0.1) is 13.2 Å². The van der Waals surface area contributed by atoms with E-state index in [0.717, 1.165) is 25.6 Å². The van der Waals surface area contributed by atoms with Crippen LogP contribution in [-0.2, 0) is 4.74 Å². The quantitative estimate of drug-likeness (QED) is 0.436. The van der Waals surface area contributed by atoms with Crippen molar-refractivity contribution in [3.05, 3.63) is 12.7 Å². The molecule has 1 fully saturated rings. The summed E-state index contributed by atoms with van der Waals surface area (Å²) in [5, 5.41) is 3.18. The fourth-order valence-electron chi connectivity index (χ4n) is 0.784. The van der Waals surface area contributed by atoms with Crippen LogP contribution < -0.4 is 5.32 Å². The molecule has 0 aromatic heterocycles. The van der Waals surface area contributed by atoms with Gasteiger partial charge in [-0.3, -0.25) is 0 Å². The van der Waals surface area contributed by atoms with Crippen LogP contribution in [0.15, 0.2) is 12.7 Å². The first-order valence-corrected chi connectivity index (χ1v) is 3.33. The van der Waals surface area contributed by atoms with Gasteiger partial charge in [0.1, 0.15) is 0 Å². The molecule has 0 spiro atoms. The highest BCUT2D eigenvalue weighted by molar-refractivity contribution is 4.74. The van der Waals surface area contributed by atoms with Crippen molar-refractivity contribution >= 4 is 0 Å². The maximum Gasteiger partial charge on any atom is 0.0644 e. The number of nitrogens with one attached hydrogen (secondary N) is 1. The van der Waals surface area contributed by atoms with Crippen LogP contribution in [0, 0.1) is 5.92 Å². The van der Waals surface area contributed by atoms with E-state index < -0.39 is 0 Å². The van der Waals surface area contributed by atoms with Crippen molar-refractivity contribution in [1.29, 1.82) is 0 Å². The van der Waals surface area contributed by atoms with Gasteiger partial charge in [0.2, 0.25) is 0 Å². The SMILES string of the molecule is C=CCOCC1CNC1. The Balaban J connectivity index is 1.85. The average molecular weight is 127 g/mol. The molecule has 52 valence electrons. The Morgan fingerprint density at radius 1 is 1.67 bits per heavy atom. The molecule has 1 saturated heterocycles. The molecule has 1 aliphatic rings. The Morgan fingerprint density at radius 2 is 2.44 bits per heavy atom. The molecule has 2 nitrogen and oxygen atoms in total. The molecule has 1 rings (SSSR count).